The van der Waals surface area contributed by atoms with Crippen LogP contribution in [-0.2, 0) is 0 Å². The average Bonchev–Trinajstić information content (AvgIpc) is 3.46. The Hall–Kier alpha value is -4.10. The lowest BCUT2D eigenvalue weighted by atomic mass is 9.84. The molecule has 4 aromatic rings. The van der Waals surface area contributed by atoms with Gasteiger partial charge in [0.15, 0.2) is 6.04 Å². The maximum absolute atomic E-state index is 14.2. The molecule has 1 aromatic heterocycles. The van der Waals surface area contributed by atoms with Gasteiger partial charge in [0.25, 0.3) is 11.6 Å². The highest BCUT2D eigenvalue weighted by atomic mass is 79.9. The van der Waals surface area contributed by atoms with E-state index in [2.05, 4.69) is 31.7 Å². The van der Waals surface area contributed by atoms with Crippen molar-refractivity contribution in [2.24, 2.45) is 0 Å². The summed E-state index contributed by atoms with van der Waals surface area (Å²) in [6.45, 7) is 0. The van der Waals surface area contributed by atoms with Crippen molar-refractivity contribution >= 4 is 50.6 Å². The molecule has 0 bridgehead atoms. The zero-order valence-corrected chi connectivity index (χ0v) is 26.5. The Balaban J connectivity index is 1.30. The van der Waals surface area contributed by atoms with Crippen molar-refractivity contribution in [2.75, 3.05) is 10.6 Å². The van der Waals surface area contributed by atoms with Crippen LogP contribution in [0.15, 0.2) is 71.3 Å². The van der Waals surface area contributed by atoms with Crippen LogP contribution in [0.1, 0.15) is 78.0 Å². The van der Waals surface area contributed by atoms with Crippen molar-refractivity contribution in [3.05, 3.63) is 103 Å². The number of nitro benzene ring substituents is 1. The number of nitrogens with zero attached hydrogens (tertiary/aromatic N) is 3. The Morgan fingerprint density at radius 2 is 1.83 bits per heavy atom. The van der Waals surface area contributed by atoms with Gasteiger partial charge in [0.05, 0.1) is 28.9 Å². The number of non-ortho nitro benzene ring substituents is 1. The molecule has 0 radical (unpaired) electrons. The molecular weight excluding hydrogens is 691 g/mol. The molecule has 0 unspecified atom stereocenters. The van der Waals surface area contributed by atoms with Gasteiger partial charge >= 0.3 is 6.18 Å². The van der Waals surface area contributed by atoms with Crippen molar-refractivity contribution in [3.63, 3.8) is 0 Å². The number of carbonyl (C=O) groups excluding carboxylic acids is 1. The van der Waals surface area contributed by atoms with Crippen molar-refractivity contribution < 1.29 is 27.6 Å². The zero-order chi connectivity index (χ0) is 32.6. The number of rotatable bonds is 7. The van der Waals surface area contributed by atoms with Gasteiger partial charge in [-0.05, 0) is 60.2 Å². The normalized spacial score (nSPS) is 18.4. The molecule has 2 aliphatic rings. The minimum atomic E-state index is -4.63. The molecule has 1 fully saturated rings. The molecule has 2 N–H and O–H groups in total. The number of amides is 1. The smallest absolute Gasteiger partial charge is 0.410 e. The maximum Gasteiger partial charge on any atom is 0.410 e. The first-order valence-corrected chi connectivity index (χ1v) is 15.9. The highest BCUT2D eigenvalue weighted by Gasteiger charge is 2.47. The predicted molar refractivity (Wildman–Crippen MR) is 171 cm³/mol. The fraction of sp³-hybridized carbons (Fsp3) is 0.312. The highest BCUT2D eigenvalue weighted by molar-refractivity contribution is 9.10. The Kier molecular flexibility index (Phi) is 8.97. The molecule has 3 aromatic carbocycles. The molecule has 14 heteroatoms. The number of ether oxygens (including phenoxy) is 1. The van der Waals surface area contributed by atoms with Gasteiger partial charge in [0, 0.05) is 28.0 Å². The molecule has 2 heterocycles. The molecule has 1 saturated carbocycles. The summed E-state index contributed by atoms with van der Waals surface area (Å²) in [5.41, 5.74) is 1.04. The Labute approximate surface area is 275 Å². The number of fused-ring (bicyclic) bond motifs is 1. The van der Waals surface area contributed by atoms with Crippen LogP contribution in [0.25, 0.3) is 0 Å². The highest BCUT2D eigenvalue weighted by Crippen LogP contribution is 2.45. The van der Waals surface area contributed by atoms with E-state index in [-0.39, 0.29) is 40.8 Å². The molecule has 240 valence electrons. The molecule has 2 atom stereocenters. The van der Waals surface area contributed by atoms with E-state index in [1.807, 2.05) is 6.07 Å². The maximum atomic E-state index is 14.2. The number of aromatic nitrogens is 2. The summed E-state index contributed by atoms with van der Waals surface area (Å²) >= 11 is 9.64. The number of anilines is 2. The van der Waals surface area contributed by atoms with Gasteiger partial charge in [-0.15, -0.1) is 0 Å². The number of hydrogen-bond donors (Lipinski definition) is 2. The second-order valence-corrected chi connectivity index (χ2v) is 12.8. The van der Waals surface area contributed by atoms with E-state index in [1.54, 1.807) is 36.4 Å². The minimum absolute atomic E-state index is 0.0231. The third-order valence-electron chi connectivity index (χ3n) is 8.36. The first kappa shape index (κ1) is 31.9. The first-order valence-electron chi connectivity index (χ1n) is 14.7. The fourth-order valence-electron chi connectivity index (χ4n) is 6.13. The predicted octanol–water partition coefficient (Wildman–Crippen LogP) is 9.96. The van der Waals surface area contributed by atoms with E-state index in [0.717, 1.165) is 59.1 Å². The van der Waals surface area contributed by atoms with Gasteiger partial charge in [-0.3, -0.25) is 14.9 Å². The second kappa shape index (κ2) is 13.0. The number of hydrogen-bond acceptors (Lipinski definition) is 6. The van der Waals surface area contributed by atoms with Gasteiger partial charge in [-0.25, -0.2) is 4.68 Å². The summed E-state index contributed by atoms with van der Waals surface area (Å²) in [5, 5.41) is 21.9. The molecule has 46 heavy (non-hydrogen) atoms. The molecule has 1 aliphatic carbocycles. The van der Waals surface area contributed by atoms with Crippen LogP contribution < -0.4 is 15.4 Å². The molecule has 1 aliphatic heterocycles. The summed E-state index contributed by atoms with van der Waals surface area (Å²) in [7, 11) is 0. The summed E-state index contributed by atoms with van der Waals surface area (Å²) in [5.74, 6) is -0.0816. The van der Waals surface area contributed by atoms with Crippen LogP contribution >= 0.6 is 27.5 Å². The third-order valence-corrected chi connectivity index (χ3v) is 9.12. The lowest BCUT2D eigenvalue weighted by molar-refractivity contribution is -0.384. The first-order chi connectivity index (χ1) is 22.0. The van der Waals surface area contributed by atoms with E-state index < -0.39 is 29.1 Å². The van der Waals surface area contributed by atoms with Gasteiger partial charge < -0.3 is 15.4 Å². The molecular formula is C32H28BrClF3N5O4. The van der Waals surface area contributed by atoms with Crippen molar-refractivity contribution in [3.8, 4) is 11.5 Å². The third kappa shape index (κ3) is 6.85. The average molecular weight is 719 g/mol. The van der Waals surface area contributed by atoms with Crippen LogP contribution in [0.2, 0.25) is 5.02 Å². The summed E-state index contributed by atoms with van der Waals surface area (Å²) in [4.78, 5) is 24.7. The fourth-order valence-corrected chi connectivity index (χ4v) is 6.58. The van der Waals surface area contributed by atoms with Crippen molar-refractivity contribution in [2.45, 2.75) is 62.7 Å². The van der Waals surface area contributed by atoms with Crippen LogP contribution in [0.4, 0.5) is 30.4 Å². The number of nitrogens with one attached hydrogen (secondary N) is 2. The Morgan fingerprint density at radius 3 is 2.52 bits per heavy atom. The van der Waals surface area contributed by atoms with E-state index in [0.29, 0.717) is 16.3 Å². The summed E-state index contributed by atoms with van der Waals surface area (Å²) in [6, 6.07) is 13.2. The van der Waals surface area contributed by atoms with E-state index >= 15 is 0 Å². The topological polar surface area (TPSA) is 111 Å². The minimum Gasteiger partial charge on any atom is -0.457 e. The Morgan fingerprint density at radius 1 is 1.09 bits per heavy atom. The molecule has 6 rings (SSSR count). The molecule has 0 spiro atoms. The summed E-state index contributed by atoms with van der Waals surface area (Å²) < 4.78 is 50.2. The van der Waals surface area contributed by atoms with E-state index in [4.69, 9.17) is 16.3 Å². The number of nitro groups is 1. The summed E-state index contributed by atoms with van der Waals surface area (Å²) in [6.07, 6.45) is 1.33. The van der Waals surface area contributed by atoms with Crippen molar-refractivity contribution in [1.29, 1.82) is 0 Å². The lowest BCUT2D eigenvalue weighted by Crippen LogP contribution is -2.36. The van der Waals surface area contributed by atoms with Crippen LogP contribution in [0, 0.1) is 10.1 Å². The number of benzene rings is 3. The van der Waals surface area contributed by atoms with E-state index in [1.165, 1.54) is 12.1 Å². The monoisotopic (exact) mass is 717 g/mol. The number of alkyl halides is 3. The number of carbonyl (C=O) groups is 1. The van der Waals surface area contributed by atoms with Crippen LogP contribution in [0.3, 0.4) is 0 Å². The van der Waals surface area contributed by atoms with Crippen LogP contribution in [-0.4, -0.2) is 26.8 Å². The second-order valence-electron chi connectivity index (χ2n) is 11.4. The molecule has 9 nitrogen and oxygen atoms in total. The largest absolute Gasteiger partial charge is 0.457 e. The van der Waals surface area contributed by atoms with Gasteiger partial charge in [-0.2, -0.15) is 18.3 Å². The number of halogens is 5. The van der Waals surface area contributed by atoms with Gasteiger partial charge in [0.2, 0.25) is 0 Å². The van der Waals surface area contributed by atoms with Crippen LogP contribution in [0.5, 0.6) is 11.5 Å². The SMILES string of the molecule is O=C(Nc1cc(Oc2ccc(Cl)cc2C2CCCCC2)cc([N+](=O)[O-])c1)c1cnn2c1N[C@@H](c1ccc(Br)cc1)C[C@@H]2C(F)(F)F. The lowest BCUT2D eigenvalue weighted by Gasteiger charge is -2.34. The van der Waals surface area contributed by atoms with E-state index in [9.17, 15) is 28.1 Å². The van der Waals surface area contributed by atoms with Gasteiger partial charge in [0.1, 0.15) is 22.9 Å². The standard InChI is InChI=1S/C32H28BrClF3N5O4/c33-20-8-6-19(7-9-20)27-16-29(32(35,36)37)41-30(40-27)26(17-38-41)31(43)39-22-13-23(42(44)45)15-24(14-22)46-28-11-10-21(34)12-25(28)18-4-2-1-3-5-18/h6-15,17-18,27,29,40H,1-5,16H2,(H,39,43)/t27-,29-/m1/s1. The Bertz CT molecular complexity index is 1780. The zero-order valence-electron chi connectivity index (χ0n) is 24.2. The van der Waals surface area contributed by atoms with Crippen molar-refractivity contribution in [1.82, 2.24) is 9.78 Å². The molecule has 1 amide bonds. The van der Waals surface area contributed by atoms with Gasteiger partial charge in [-0.1, -0.05) is 58.9 Å². The quantitative estimate of drug-likeness (QED) is 0.145. The molecule has 0 saturated heterocycles.